The van der Waals surface area contributed by atoms with Gasteiger partial charge >= 0.3 is 0 Å². The summed E-state index contributed by atoms with van der Waals surface area (Å²) in [6, 6.07) is 16.8. The van der Waals surface area contributed by atoms with Gasteiger partial charge in [0.2, 0.25) is 11.8 Å². The molecule has 4 aromatic rings. The second-order valence-corrected chi connectivity index (χ2v) is 8.16. The maximum Gasteiger partial charge on any atom is 0.277 e. The molecule has 0 fully saturated rings. The molecule has 0 saturated heterocycles. The molecular weight excluding hydrogens is 453 g/mol. The van der Waals surface area contributed by atoms with E-state index in [0.717, 1.165) is 28.1 Å². The second-order valence-electron chi connectivity index (χ2n) is 5.98. The molecule has 146 valence electrons. The Labute approximate surface area is 185 Å². The van der Waals surface area contributed by atoms with Crippen molar-refractivity contribution in [1.82, 2.24) is 10.2 Å². The van der Waals surface area contributed by atoms with Crippen LogP contribution >= 0.6 is 46.6 Å². The minimum Gasteiger partial charge on any atom is -0.411 e. The molecule has 0 spiro atoms. The average molecular weight is 465 g/mol. The van der Waals surface area contributed by atoms with Crippen molar-refractivity contribution in [1.29, 1.82) is 0 Å². The van der Waals surface area contributed by atoms with Crippen LogP contribution in [0.25, 0.3) is 22.2 Å². The number of benzene rings is 3. The summed E-state index contributed by atoms with van der Waals surface area (Å²) in [6.07, 6.45) is 0. The van der Waals surface area contributed by atoms with E-state index in [1.165, 1.54) is 12.1 Å². The molecule has 9 heteroatoms. The first-order valence-corrected chi connectivity index (χ1v) is 10.5. The van der Waals surface area contributed by atoms with E-state index in [-0.39, 0.29) is 26.9 Å². The van der Waals surface area contributed by atoms with Crippen LogP contribution in [0.5, 0.6) is 0 Å². The Balaban J connectivity index is 1.45. The Bertz CT molecular complexity index is 1180. The smallest absolute Gasteiger partial charge is 0.277 e. The van der Waals surface area contributed by atoms with Crippen molar-refractivity contribution >= 4 is 68.9 Å². The summed E-state index contributed by atoms with van der Waals surface area (Å²) in [5, 5.41) is 14.1. The lowest BCUT2D eigenvalue weighted by atomic mass is 10.0. The van der Waals surface area contributed by atoms with Gasteiger partial charge in [-0.15, -0.1) is 10.2 Å². The molecule has 1 heterocycles. The lowest BCUT2D eigenvalue weighted by Crippen LogP contribution is -2.14. The zero-order chi connectivity index (χ0) is 20.4. The summed E-state index contributed by atoms with van der Waals surface area (Å²) >= 11 is 19.2. The first-order valence-electron chi connectivity index (χ1n) is 8.40. The fourth-order valence-corrected chi connectivity index (χ4v) is 4.23. The molecule has 5 nitrogen and oxygen atoms in total. The summed E-state index contributed by atoms with van der Waals surface area (Å²) in [5.41, 5.74) is 1.15. The van der Waals surface area contributed by atoms with Crippen LogP contribution in [-0.2, 0) is 4.79 Å². The summed E-state index contributed by atoms with van der Waals surface area (Å²) in [4.78, 5) is 12.3. The van der Waals surface area contributed by atoms with E-state index >= 15 is 0 Å². The van der Waals surface area contributed by atoms with Crippen molar-refractivity contribution in [3.8, 4) is 11.5 Å². The Morgan fingerprint density at radius 1 is 1.00 bits per heavy atom. The predicted octanol–water partition coefficient (Wildman–Crippen LogP) is 6.58. The van der Waals surface area contributed by atoms with E-state index in [0.29, 0.717) is 16.6 Å². The topological polar surface area (TPSA) is 68.0 Å². The number of halogens is 3. The number of carbonyl (C=O) groups excluding carboxylic acids is 1. The number of nitrogens with one attached hydrogen (secondary N) is 1. The lowest BCUT2D eigenvalue weighted by Gasteiger charge is -2.09. The third-order valence-electron chi connectivity index (χ3n) is 4.02. The van der Waals surface area contributed by atoms with Gasteiger partial charge in [-0.3, -0.25) is 4.79 Å². The molecule has 0 aliphatic carbocycles. The summed E-state index contributed by atoms with van der Waals surface area (Å²) in [7, 11) is 0. The van der Waals surface area contributed by atoms with Crippen LogP contribution in [0.1, 0.15) is 0 Å². The number of anilines is 1. The zero-order valence-corrected chi connectivity index (χ0v) is 17.7. The lowest BCUT2D eigenvalue weighted by molar-refractivity contribution is -0.113. The molecule has 1 aromatic heterocycles. The predicted molar refractivity (Wildman–Crippen MR) is 118 cm³/mol. The van der Waals surface area contributed by atoms with Crippen LogP contribution in [0.2, 0.25) is 15.1 Å². The molecule has 0 bridgehead atoms. The van der Waals surface area contributed by atoms with E-state index in [1.54, 1.807) is 0 Å². The van der Waals surface area contributed by atoms with Crippen molar-refractivity contribution in [3.63, 3.8) is 0 Å². The van der Waals surface area contributed by atoms with Crippen molar-refractivity contribution in [2.45, 2.75) is 5.22 Å². The number of hydrogen-bond acceptors (Lipinski definition) is 5. The number of rotatable bonds is 5. The van der Waals surface area contributed by atoms with Gasteiger partial charge in [0.05, 0.1) is 21.5 Å². The minimum atomic E-state index is -0.314. The standard InChI is InChI=1S/C20H12Cl3N3O2S/c21-12-8-15(22)18(16(23)9-12)24-17(27)10-29-20-26-25-19(28-20)14-7-3-5-11-4-1-2-6-13(11)14/h1-9H,10H2,(H,24,27). The first kappa shape index (κ1) is 20.0. The third-order valence-corrected chi connectivity index (χ3v) is 5.66. The fraction of sp³-hybridized carbons (Fsp3) is 0.0500. The van der Waals surface area contributed by atoms with Crippen LogP contribution < -0.4 is 5.32 Å². The highest BCUT2D eigenvalue weighted by atomic mass is 35.5. The van der Waals surface area contributed by atoms with Gasteiger partial charge < -0.3 is 9.73 Å². The molecule has 0 saturated carbocycles. The maximum absolute atomic E-state index is 12.3. The number of thioether (sulfide) groups is 1. The number of nitrogens with zero attached hydrogens (tertiary/aromatic N) is 2. The average Bonchev–Trinajstić information content (AvgIpc) is 3.17. The Morgan fingerprint density at radius 3 is 2.52 bits per heavy atom. The van der Waals surface area contributed by atoms with E-state index in [2.05, 4.69) is 15.5 Å². The molecule has 0 aliphatic heterocycles. The van der Waals surface area contributed by atoms with E-state index in [4.69, 9.17) is 39.2 Å². The van der Waals surface area contributed by atoms with Gasteiger partial charge in [-0.05, 0) is 29.0 Å². The largest absolute Gasteiger partial charge is 0.411 e. The molecule has 1 N–H and O–H groups in total. The highest BCUT2D eigenvalue weighted by Gasteiger charge is 2.15. The fourth-order valence-electron chi connectivity index (χ4n) is 2.75. The second kappa shape index (κ2) is 8.63. The molecular formula is C20H12Cl3N3O2S. The number of hydrogen-bond donors (Lipinski definition) is 1. The molecule has 29 heavy (non-hydrogen) atoms. The van der Waals surface area contributed by atoms with Gasteiger partial charge in [-0.25, -0.2) is 0 Å². The molecule has 0 atom stereocenters. The van der Waals surface area contributed by atoms with Crippen molar-refractivity contribution in [2.24, 2.45) is 0 Å². The molecule has 0 radical (unpaired) electrons. The third kappa shape index (κ3) is 4.51. The maximum atomic E-state index is 12.3. The van der Waals surface area contributed by atoms with E-state index in [9.17, 15) is 4.79 Å². The van der Waals surface area contributed by atoms with Gasteiger partial charge in [-0.1, -0.05) is 83.0 Å². The van der Waals surface area contributed by atoms with Gasteiger partial charge in [0.1, 0.15) is 0 Å². The quantitative estimate of drug-likeness (QED) is 0.338. The Hall–Kier alpha value is -2.25. The number of amides is 1. The first-order chi connectivity index (χ1) is 14.0. The molecule has 0 unspecified atom stereocenters. The SMILES string of the molecule is O=C(CSc1nnc(-c2cccc3ccccc23)o1)Nc1c(Cl)cc(Cl)cc1Cl. The zero-order valence-electron chi connectivity index (χ0n) is 14.7. The summed E-state index contributed by atoms with van der Waals surface area (Å²) in [6.45, 7) is 0. The van der Waals surface area contributed by atoms with Gasteiger partial charge in [0.15, 0.2) is 0 Å². The van der Waals surface area contributed by atoms with Crippen molar-refractivity contribution in [2.75, 3.05) is 11.1 Å². The van der Waals surface area contributed by atoms with E-state index in [1.807, 2.05) is 42.5 Å². The van der Waals surface area contributed by atoms with Crippen LogP contribution in [0.3, 0.4) is 0 Å². The van der Waals surface area contributed by atoms with Gasteiger partial charge in [0.25, 0.3) is 5.22 Å². The van der Waals surface area contributed by atoms with Crippen molar-refractivity contribution in [3.05, 3.63) is 69.7 Å². The Kier molecular flexibility index (Phi) is 5.96. The Morgan fingerprint density at radius 2 is 1.72 bits per heavy atom. The van der Waals surface area contributed by atoms with Gasteiger partial charge in [0, 0.05) is 10.6 Å². The number of aromatic nitrogens is 2. The normalized spacial score (nSPS) is 11.0. The van der Waals surface area contributed by atoms with Crippen LogP contribution in [0.15, 0.2) is 64.2 Å². The number of carbonyl (C=O) groups is 1. The molecule has 3 aromatic carbocycles. The summed E-state index contributed by atoms with van der Waals surface area (Å²) in [5.74, 6) is 0.131. The molecule has 0 aliphatic rings. The monoisotopic (exact) mass is 463 g/mol. The molecule has 1 amide bonds. The van der Waals surface area contributed by atoms with Crippen LogP contribution in [0, 0.1) is 0 Å². The molecule has 4 rings (SSSR count). The number of fused-ring (bicyclic) bond motifs is 1. The van der Waals surface area contributed by atoms with Crippen LogP contribution in [-0.4, -0.2) is 21.9 Å². The minimum absolute atomic E-state index is 0.0481. The van der Waals surface area contributed by atoms with Crippen LogP contribution in [0.4, 0.5) is 5.69 Å². The van der Waals surface area contributed by atoms with Gasteiger partial charge in [-0.2, -0.15) is 0 Å². The highest BCUT2D eigenvalue weighted by molar-refractivity contribution is 7.99. The summed E-state index contributed by atoms with van der Waals surface area (Å²) < 4.78 is 5.73. The van der Waals surface area contributed by atoms with E-state index < -0.39 is 0 Å². The highest BCUT2D eigenvalue weighted by Crippen LogP contribution is 2.34. The van der Waals surface area contributed by atoms with Crippen molar-refractivity contribution < 1.29 is 9.21 Å².